The van der Waals surface area contributed by atoms with Gasteiger partial charge in [0, 0.05) is 50.7 Å². The van der Waals surface area contributed by atoms with Crippen molar-refractivity contribution < 1.29 is 27.9 Å². The molecule has 0 atom stereocenters. The normalized spacial score (nSPS) is 10.6. The van der Waals surface area contributed by atoms with Crippen molar-refractivity contribution in [3.63, 3.8) is 0 Å². The first-order chi connectivity index (χ1) is 5.49. The van der Waals surface area contributed by atoms with E-state index in [0.29, 0.717) is 20.6 Å². The van der Waals surface area contributed by atoms with E-state index in [0.717, 1.165) is 0 Å². The Bertz CT molecular complexity index is 379. The van der Waals surface area contributed by atoms with Gasteiger partial charge in [0.05, 0.1) is 0 Å². The van der Waals surface area contributed by atoms with Crippen molar-refractivity contribution in [1.29, 1.82) is 0 Å². The molecule has 0 spiro atoms. The van der Waals surface area contributed by atoms with Gasteiger partial charge in [0.15, 0.2) is 0 Å². The van der Waals surface area contributed by atoms with Crippen LogP contribution in [0.5, 0.6) is 0 Å². The fraction of sp³-hybridized carbons (Fsp3) is 0. The summed E-state index contributed by atoms with van der Waals surface area (Å²) in [5.74, 6) is 0. The van der Waals surface area contributed by atoms with E-state index in [-0.39, 0.29) is 19.5 Å². The van der Waals surface area contributed by atoms with Crippen LogP contribution in [-0.2, 0) is 27.6 Å². The van der Waals surface area contributed by atoms with Crippen LogP contribution < -0.4 is 0 Å². The van der Waals surface area contributed by atoms with Crippen molar-refractivity contribution in [2.45, 2.75) is 9.79 Å². The molecule has 0 radical (unpaired) electrons. The van der Waals surface area contributed by atoms with E-state index < -0.39 is 8.08 Å². The Morgan fingerprint density at radius 2 is 1.85 bits per heavy atom. The molecule has 0 aliphatic rings. The zero-order chi connectivity index (χ0) is 9.19. The largest absolute Gasteiger partial charge is 0.289 e. The molecule has 7 heteroatoms. The third kappa shape index (κ3) is 5.28. The van der Waals surface area contributed by atoms with Gasteiger partial charge < -0.3 is 0 Å². The van der Waals surface area contributed by atoms with Gasteiger partial charge in [0.1, 0.15) is 0 Å². The predicted molar refractivity (Wildman–Crippen MR) is 54.3 cm³/mol. The molecule has 0 aliphatic carbocycles. The van der Waals surface area contributed by atoms with Gasteiger partial charge in [-0.25, -0.2) is 8.42 Å². The summed E-state index contributed by atoms with van der Waals surface area (Å²) in [5.41, 5.74) is 0. The van der Waals surface area contributed by atoms with Gasteiger partial charge in [-0.3, -0.25) is 0 Å². The molecule has 0 N–H and O–H groups in total. The second-order valence-electron chi connectivity index (χ2n) is 1.94. The Labute approximate surface area is 103 Å². The van der Waals surface area contributed by atoms with E-state index in [2.05, 4.69) is 12.6 Å². The second kappa shape index (κ2) is 5.61. The first-order valence-electron chi connectivity index (χ1n) is 2.91. The van der Waals surface area contributed by atoms with E-state index in [1.54, 1.807) is 24.3 Å². The summed E-state index contributed by atoms with van der Waals surface area (Å²) < 4.78 is 21.3. The van der Waals surface area contributed by atoms with Crippen LogP contribution in [0.2, 0.25) is 0 Å². The van der Waals surface area contributed by atoms with Crippen LogP contribution in [0, 0.1) is 0 Å². The van der Waals surface area contributed by atoms with Gasteiger partial charge in [0.2, 0.25) is 0 Å². The predicted octanol–water partition coefficient (Wildman–Crippen LogP) is 2.55. The number of hydrogen-bond donors (Lipinski definition) is 1. The fourth-order valence-electron chi connectivity index (χ4n) is 0.635. The standard InChI is InChI=1S/C6H5ClO2S3.Zn/c7-12(8,9)11-6-4-2-1-3-5(6)10;/h1-4,10H;. The molecule has 0 aromatic heterocycles. The molecule has 0 heterocycles. The van der Waals surface area contributed by atoms with Crippen LogP contribution in [0.3, 0.4) is 0 Å². The summed E-state index contributed by atoms with van der Waals surface area (Å²) in [4.78, 5) is 1.14. The van der Waals surface area contributed by atoms with Crippen molar-refractivity contribution in [1.82, 2.24) is 0 Å². The maximum absolute atomic E-state index is 10.6. The molecule has 0 saturated heterocycles. The average molecular weight is 306 g/mol. The molecule has 68 valence electrons. The van der Waals surface area contributed by atoms with E-state index in [1.165, 1.54) is 0 Å². The topological polar surface area (TPSA) is 34.1 Å². The van der Waals surface area contributed by atoms with Gasteiger partial charge in [-0.1, -0.05) is 12.1 Å². The average Bonchev–Trinajstić information content (AvgIpc) is 1.91. The van der Waals surface area contributed by atoms with Crippen molar-refractivity contribution in [2.75, 3.05) is 0 Å². The maximum atomic E-state index is 10.6. The SMILES string of the molecule is O=S(=O)(Cl)Sc1ccccc1S.[Zn]. The Hall–Kier alpha value is 0.783. The van der Waals surface area contributed by atoms with Crippen molar-refractivity contribution in [2.24, 2.45) is 0 Å². The van der Waals surface area contributed by atoms with E-state index in [4.69, 9.17) is 10.7 Å². The minimum Gasteiger partial charge on any atom is -0.200 e. The number of halogens is 1. The summed E-state index contributed by atoms with van der Waals surface area (Å²) >= 11 is 4.07. The van der Waals surface area contributed by atoms with E-state index in [1.807, 2.05) is 0 Å². The zero-order valence-corrected chi connectivity index (χ0v) is 12.7. The minimum absolute atomic E-state index is 0. The van der Waals surface area contributed by atoms with Gasteiger partial charge in [-0.2, -0.15) is 0 Å². The number of rotatable bonds is 2. The van der Waals surface area contributed by atoms with Gasteiger partial charge in [-0.15, -0.1) is 12.6 Å². The zero-order valence-electron chi connectivity index (χ0n) is 6.47. The summed E-state index contributed by atoms with van der Waals surface area (Å²) in [6.07, 6.45) is 0. The molecular weight excluding hydrogens is 301 g/mol. The van der Waals surface area contributed by atoms with E-state index >= 15 is 0 Å². The fourth-order valence-corrected chi connectivity index (χ4v) is 3.31. The van der Waals surface area contributed by atoms with Crippen LogP contribution in [0.1, 0.15) is 0 Å². The summed E-state index contributed by atoms with van der Waals surface area (Å²) in [7, 11) is 2.07. The third-order valence-electron chi connectivity index (χ3n) is 1.05. The molecular formula is C6H5ClO2S3Zn. The minimum atomic E-state index is -3.56. The number of benzene rings is 1. The van der Waals surface area contributed by atoms with Crippen molar-refractivity contribution in [3.8, 4) is 0 Å². The summed E-state index contributed by atoms with van der Waals surface area (Å²) in [5, 5.41) is 0. The third-order valence-corrected chi connectivity index (χ3v) is 4.03. The molecule has 0 bridgehead atoms. The van der Waals surface area contributed by atoms with Gasteiger partial charge in [0.25, 0.3) is 8.08 Å². The molecule has 1 aromatic rings. The van der Waals surface area contributed by atoms with Crippen LogP contribution in [0.15, 0.2) is 34.1 Å². The Morgan fingerprint density at radius 1 is 1.31 bits per heavy atom. The first-order valence-corrected chi connectivity index (χ1v) is 7.00. The smallest absolute Gasteiger partial charge is 0.200 e. The molecule has 0 amide bonds. The Kier molecular flexibility index (Phi) is 5.95. The van der Waals surface area contributed by atoms with Gasteiger partial charge >= 0.3 is 0 Å². The van der Waals surface area contributed by atoms with E-state index in [9.17, 15) is 8.42 Å². The Morgan fingerprint density at radius 3 is 2.31 bits per heavy atom. The van der Waals surface area contributed by atoms with Crippen LogP contribution in [0.4, 0.5) is 0 Å². The molecule has 1 rings (SSSR count). The second-order valence-corrected chi connectivity index (χ2v) is 7.40. The summed E-state index contributed by atoms with van der Waals surface area (Å²) in [6, 6.07) is 6.85. The van der Waals surface area contributed by atoms with Crippen LogP contribution in [0.25, 0.3) is 0 Å². The number of thiol groups is 1. The molecule has 0 fully saturated rings. The first kappa shape index (κ1) is 13.8. The quantitative estimate of drug-likeness (QED) is 0.395. The molecule has 0 aliphatic heterocycles. The molecule has 0 unspecified atom stereocenters. The maximum Gasteiger partial charge on any atom is 0.289 e. The molecule has 2 nitrogen and oxygen atoms in total. The Balaban J connectivity index is 0.00000144. The van der Waals surface area contributed by atoms with Gasteiger partial charge in [-0.05, 0) is 12.1 Å². The monoisotopic (exact) mass is 304 g/mol. The molecule has 0 saturated carbocycles. The van der Waals surface area contributed by atoms with Crippen molar-refractivity contribution >= 4 is 42.2 Å². The van der Waals surface area contributed by atoms with Crippen LogP contribution in [-0.4, -0.2) is 8.42 Å². The van der Waals surface area contributed by atoms with Crippen molar-refractivity contribution in [3.05, 3.63) is 24.3 Å². The van der Waals surface area contributed by atoms with Crippen LogP contribution >= 0.6 is 34.1 Å². The number of hydrogen-bond acceptors (Lipinski definition) is 4. The molecule has 13 heavy (non-hydrogen) atoms. The summed E-state index contributed by atoms with van der Waals surface area (Å²) in [6.45, 7) is 0. The molecule has 1 aromatic carbocycles.